The lowest BCUT2D eigenvalue weighted by atomic mass is 10.1. The van der Waals surface area contributed by atoms with Gasteiger partial charge in [0.2, 0.25) is 5.91 Å². The van der Waals surface area contributed by atoms with Crippen molar-refractivity contribution in [1.82, 2.24) is 0 Å². The van der Waals surface area contributed by atoms with Crippen LogP contribution in [0.1, 0.15) is 28.2 Å². The van der Waals surface area contributed by atoms with Crippen LogP contribution in [0.25, 0.3) is 0 Å². The molecule has 118 valence electrons. The third-order valence-electron chi connectivity index (χ3n) is 3.80. The van der Waals surface area contributed by atoms with Gasteiger partial charge in [-0.25, -0.2) is 4.79 Å². The highest BCUT2D eigenvalue weighted by molar-refractivity contribution is 8.01. The first-order chi connectivity index (χ1) is 11.1. The molecule has 2 aromatic carbocycles. The molecule has 1 aliphatic heterocycles. The number of nitrogens with zero attached hydrogens (tertiary/aromatic N) is 1. The number of methoxy groups -OCH3 is 1. The number of anilines is 1. The molecule has 1 amide bonds. The number of rotatable bonds is 3. The van der Waals surface area contributed by atoms with E-state index in [0.29, 0.717) is 5.56 Å². The Bertz CT molecular complexity index is 715. The van der Waals surface area contributed by atoms with Crippen molar-refractivity contribution in [3.05, 3.63) is 65.7 Å². The van der Waals surface area contributed by atoms with Crippen molar-refractivity contribution >= 4 is 29.3 Å². The molecule has 0 bridgehead atoms. The van der Waals surface area contributed by atoms with Crippen molar-refractivity contribution in [2.45, 2.75) is 17.5 Å². The number of benzene rings is 2. The fraction of sp³-hybridized carbons (Fsp3) is 0.222. The van der Waals surface area contributed by atoms with Crippen LogP contribution in [0.2, 0.25) is 0 Å². The molecule has 23 heavy (non-hydrogen) atoms. The molecule has 4 nitrogen and oxygen atoms in total. The average Bonchev–Trinajstić information content (AvgIpc) is 2.90. The molecule has 0 saturated carbocycles. The third-order valence-corrected chi connectivity index (χ3v) is 5.15. The number of thioether (sulfide) groups is 1. The highest BCUT2D eigenvalue weighted by Gasteiger charge is 2.39. The first-order valence-electron chi connectivity index (χ1n) is 7.33. The molecule has 0 aromatic heterocycles. The minimum Gasteiger partial charge on any atom is -0.465 e. The summed E-state index contributed by atoms with van der Waals surface area (Å²) in [6, 6.07) is 16.9. The molecule has 0 unspecified atom stereocenters. The minimum absolute atomic E-state index is 0.0531. The molecule has 1 saturated heterocycles. The van der Waals surface area contributed by atoms with Crippen molar-refractivity contribution in [1.29, 1.82) is 0 Å². The number of hydrogen-bond acceptors (Lipinski definition) is 4. The standard InChI is InChI=1S/C18H17NO3S/c1-12-16(20)19(17(23-12)13-6-4-3-5-7-13)15-10-8-14(9-11-15)18(21)22-2/h3-12,17H,1-2H3/t12-,17+/m1/s1. The maximum absolute atomic E-state index is 12.6. The Balaban J connectivity index is 1.95. The quantitative estimate of drug-likeness (QED) is 0.808. The van der Waals surface area contributed by atoms with Gasteiger partial charge in [0.05, 0.1) is 17.9 Å². The highest BCUT2D eigenvalue weighted by Crippen LogP contribution is 2.45. The van der Waals surface area contributed by atoms with Crippen molar-refractivity contribution < 1.29 is 14.3 Å². The number of amides is 1. The molecule has 0 aliphatic carbocycles. The van der Waals surface area contributed by atoms with Crippen LogP contribution in [0.4, 0.5) is 5.69 Å². The number of carbonyl (C=O) groups is 2. The Morgan fingerprint density at radius 3 is 2.35 bits per heavy atom. The Morgan fingerprint density at radius 2 is 1.74 bits per heavy atom. The van der Waals surface area contributed by atoms with Gasteiger partial charge in [0.1, 0.15) is 5.37 Å². The molecule has 1 aliphatic rings. The second kappa shape index (κ2) is 6.46. The van der Waals surface area contributed by atoms with Crippen molar-refractivity contribution in [3.8, 4) is 0 Å². The van der Waals surface area contributed by atoms with E-state index in [1.165, 1.54) is 7.11 Å². The Labute approximate surface area is 139 Å². The summed E-state index contributed by atoms with van der Waals surface area (Å²) in [6.07, 6.45) is 0. The number of carbonyl (C=O) groups excluding carboxylic acids is 2. The van der Waals surface area contributed by atoms with Gasteiger partial charge in [0.25, 0.3) is 0 Å². The summed E-state index contributed by atoms with van der Waals surface area (Å²) in [7, 11) is 1.35. The van der Waals surface area contributed by atoms with Crippen LogP contribution in [0, 0.1) is 0 Å². The molecule has 1 fully saturated rings. The normalized spacial score (nSPS) is 20.6. The maximum atomic E-state index is 12.6. The van der Waals surface area contributed by atoms with Crippen LogP contribution in [0.3, 0.4) is 0 Å². The average molecular weight is 327 g/mol. The van der Waals surface area contributed by atoms with E-state index in [2.05, 4.69) is 0 Å². The van der Waals surface area contributed by atoms with E-state index in [-0.39, 0.29) is 22.5 Å². The van der Waals surface area contributed by atoms with Gasteiger partial charge in [-0.05, 0) is 36.8 Å². The van der Waals surface area contributed by atoms with Gasteiger partial charge in [-0.15, -0.1) is 11.8 Å². The van der Waals surface area contributed by atoms with E-state index in [1.807, 2.05) is 37.3 Å². The molecule has 0 N–H and O–H groups in total. The first-order valence-corrected chi connectivity index (χ1v) is 8.28. The predicted octanol–water partition coefficient (Wildman–Crippen LogP) is 3.64. The summed E-state index contributed by atoms with van der Waals surface area (Å²) in [4.78, 5) is 25.9. The van der Waals surface area contributed by atoms with Crippen LogP contribution >= 0.6 is 11.8 Å². The lowest BCUT2D eigenvalue weighted by Crippen LogP contribution is -2.30. The van der Waals surface area contributed by atoms with Gasteiger partial charge in [-0.3, -0.25) is 9.69 Å². The van der Waals surface area contributed by atoms with Crippen molar-refractivity contribution in [2.75, 3.05) is 12.0 Å². The van der Waals surface area contributed by atoms with Gasteiger partial charge in [-0.1, -0.05) is 30.3 Å². The fourth-order valence-electron chi connectivity index (χ4n) is 2.61. The summed E-state index contributed by atoms with van der Waals surface area (Å²) in [6.45, 7) is 1.92. The van der Waals surface area contributed by atoms with E-state index in [4.69, 9.17) is 4.74 Å². The van der Waals surface area contributed by atoms with Gasteiger partial charge < -0.3 is 4.74 Å². The lowest BCUT2D eigenvalue weighted by Gasteiger charge is -2.24. The van der Waals surface area contributed by atoms with Gasteiger partial charge in [0.15, 0.2) is 0 Å². The van der Waals surface area contributed by atoms with Crippen molar-refractivity contribution in [2.24, 2.45) is 0 Å². The molecule has 0 radical (unpaired) electrons. The number of hydrogen-bond donors (Lipinski definition) is 0. The van der Waals surface area contributed by atoms with E-state index in [9.17, 15) is 9.59 Å². The zero-order valence-corrected chi connectivity index (χ0v) is 13.7. The highest BCUT2D eigenvalue weighted by atomic mass is 32.2. The van der Waals surface area contributed by atoms with E-state index in [1.54, 1.807) is 40.9 Å². The summed E-state index contributed by atoms with van der Waals surface area (Å²) in [5.41, 5.74) is 2.35. The summed E-state index contributed by atoms with van der Waals surface area (Å²) in [5.74, 6) is -0.304. The van der Waals surface area contributed by atoms with Gasteiger partial charge in [-0.2, -0.15) is 0 Å². The van der Waals surface area contributed by atoms with Crippen LogP contribution in [0.5, 0.6) is 0 Å². The fourth-order valence-corrected chi connectivity index (χ4v) is 3.89. The lowest BCUT2D eigenvalue weighted by molar-refractivity contribution is -0.117. The predicted molar refractivity (Wildman–Crippen MR) is 91.5 cm³/mol. The zero-order valence-electron chi connectivity index (χ0n) is 12.9. The van der Waals surface area contributed by atoms with Crippen LogP contribution in [-0.2, 0) is 9.53 Å². The van der Waals surface area contributed by atoms with Crippen LogP contribution in [0.15, 0.2) is 54.6 Å². The maximum Gasteiger partial charge on any atom is 0.337 e. The zero-order chi connectivity index (χ0) is 16.4. The number of esters is 1. The molecule has 0 spiro atoms. The summed E-state index contributed by atoms with van der Waals surface area (Å²) in [5, 5.41) is -0.150. The molecule has 2 aromatic rings. The second-order valence-electron chi connectivity index (χ2n) is 5.29. The molecular weight excluding hydrogens is 310 g/mol. The minimum atomic E-state index is -0.383. The van der Waals surface area contributed by atoms with Gasteiger partial charge >= 0.3 is 5.97 Å². The Kier molecular flexibility index (Phi) is 4.39. The third kappa shape index (κ3) is 2.97. The smallest absolute Gasteiger partial charge is 0.337 e. The largest absolute Gasteiger partial charge is 0.465 e. The molecule has 5 heteroatoms. The molecule has 2 atom stereocenters. The van der Waals surface area contributed by atoms with Crippen LogP contribution < -0.4 is 4.90 Å². The van der Waals surface area contributed by atoms with Crippen molar-refractivity contribution in [3.63, 3.8) is 0 Å². The van der Waals surface area contributed by atoms with Crippen LogP contribution in [-0.4, -0.2) is 24.2 Å². The SMILES string of the molecule is COC(=O)c1ccc(N2C(=O)[C@@H](C)S[C@H]2c2ccccc2)cc1. The monoisotopic (exact) mass is 327 g/mol. The molecular formula is C18H17NO3S. The Hall–Kier alpha value is -2.27. The number of ether oxygens (including phenoxy) is 1. The molecule has 3 rings (SSSR count). The van der Waals surface area contributed by atoms with E-state index >= 15 is 0 Å². The van der Waals surface area contributed by atoms with Gasteiger partial charge in [0, 0.05) is 5.69 Å². The topological polar surface area (TPSA) is 46.6 Å². The molecule has 1 heterocycles. The van der Waals surface area contributed by atoms with E-state index < -0.39 is 0 Å². The van der Waals surface area contributed by atoms with E-state index in [0.717, 1.165) is 11.3 Å². The first kappa shape index (κ1) is 15.6. The second-order valence-corrected chi connectivity index (χ2v) is 6.71. The summed E-state index contributed by atoms with van der Waals surface area (Å²) >= 11 is 1.63. The summed E-state index contributed by atoms with van der Waals surface area (Å²) < 4.78 is 4.71. The Morgan fingerprint density at radius 1 is 1.09 bits per heavy atom.